The average Bonchev–Trinajstić information content (AvgIpc) is 2.48. The SMILES string of the molecule is COc1cccc(NC(=O)Cn2ncc(Cl)c(Cl)c2=O)c1. The summed E-state index contributed by atoms with van der Waals surface area (Å²) >= 11 is 11.4. The van der Waals surface area contributed by atoms with Gasteiger partial charge in [0.25, 0.3) is 5.56 Å². The molecule has 0 bridgehead atoms. The van der Waals surface area contributed by atoms with Crippen molar-refractivity contribution in [2.75, 3.05) is 12.4 Å². The molecule has 0 radical (unpaired) electrons. The van der Waals surface area contributed by atoms with Gasteiger partial charge in [0, 0.05) is 11.8 Å². The second kappa shape index (κ2) is 6.60. The van der Waals surface area contributed by atoms with Gasteiger partial charge < -0.3 is 10.1 Å². The first-order valence-corrected chi connectivity index (χ1v) is 6.62. The number of ether oxygens (including phenoxy) is 1. The topological polar surface area (TPSA) is 73.2 Å². The molecule has 1 aromatic carbocycles. The Morgan fingerprint density at radius 2 is 2.19 bits per heavy atom. The van der Waals surface area contributed by atoms with Crippen molar-refractivity contribution in [2.45, 2.75) is 6.54 Å². The third-order valence-corrected chi connectivity index (χ3v) is 3.34. The van der Waals surface area contributed by atoms with Gasteiger partial charge in [-0.25, -0.2) is 4.68 Å². The van der Waals surface area contributed by atoms with Crippen LogP contribution in [0, 0.1) is 0 Å². The minimum absolute atomic E-state index is 0.0473. The summed E-state index contributed by atoms with van der Waals surface area (Å²) in [4.78, 5) is 23.7. The predicted octanol–water partition coefficient (Wildman–Crippen LogP) is 2.20. The minimum atomic E-state index is -0.620. The van der Waals surface area contributed by atoms with Crippen LogP contribution in [-0.2, 0) is 11.3 Å². The summed E-state index contributed by atoms with van der Waals surface area (Å²) in [6.45, 7) is -0.271. The Kier molecular flexibility index (Phi) is 4.82. The van der Waals surface area contributed by atoms with E-state index in [0.717, 1.165) is 4.68 Å². The molecule has 0 unspecified atom stereocenters. The number of nitrogens with one attached hydrogen (secondary N) is 1. The van der Waals surface area contributed by atoms with E-state index in [1.807, 2.05) is 0 Å². The van der Waals surface area contributed by atoms with Gasteiger partial charge in [0.05, 0.1) is 18.3 Å². The Hall–Kier alpha value is -2.05. The fraction of sp³-hybridized carbons (Fsp3) is 0.154. The van der Waals surface area contributed by atoms with Gasteiger partial charge in [-0.1, -0.05) is 29.3 Å². The Morgan fingerprint density at radius 1 is 1.43 bits per heavy atom. The van der Waals surface area contributed by atoms with Gasteiger partial charge in [-0.3, -0.25) is 9.59 Å². The maximum atomic E-state index is 11.9. The Balaban J connectivity index is 2.12. The summed E-state index contributed by atoms with van der Waals surface area (Å²) in [7, 11) is 1.53. The van der Waals surface area contributed by atoms with Crippen molar-refractivity contribution in [3.05, 3.63) is 50.9 Å². The van der Waals surface area contributed by atoms with Crippen LogP contribution in [-0.4, -0.2) is 22.8 Å². The number of carbonyl (C=O) groups is 1. The van der Waals surface area contributed by atoms with Crippen LogP contribution in [0.5, 0.6) is 5.75 Å². The quantitative estimate of drug-likeness (QED) is 0.934. The largest absolute Gasteiger partial charge is 0.497 e. The number of aromatic nitrogens is 2. The second-order valence-corrected chi connectivity index (χ2v) is 4.83. The van der Waals surface area contributed by atoms with Crippen molar-refractivity contribution in [1.29, 1.82) is 0 Å². The van der Waals surface area contributed by atoms with Crippen molar-refractivity contribution in [3.8, 4) is 5.75 Å². The lowest BCUT2D eigenvalue weighted by Crippen LogP contribution is -2.29. The maximum Gasteiger partial charge on any atom is 0.287 e. The van der Waals surface area contributed by atoms with Gasteiger partial charge in [-0.05, 0) is 12.1 Å². The zero-order valence-corrected chi connectivity index (χ0v) is 12.5. The average molecular weight is 328 g/mol. The molecule has 0 atom stereocenters. The Labute approximate surface area is 130 Å². The molecule has 0 spiro atoms. The zero-order chi connectivity index (χ0) is 15.4. The van der Waals surface area contributed by atoms with Gasteiger partial charge in [0.1, 0.15) is 17.3 Å². The first kappa shape index (κ1) is 15.3. The Morgan fingerprint density at radius 3 is 2.90 bits per heavy atom. The van der Waals surface area contributed by atoms with Crippen LogP contribution in [0.15, 0.2) is 35.3 Å². The van der Waals surface area contributed by atoms with Gasteiger partial charge >= 0.3 is 0 Å². The zero-order valence-electron chi connectivity index (χ0n) is 11.0. The number of carbonyl (C=O) groups excluding carboxylic acids is 1. The Bertz CT molecular complexity index is 731. The molecule has 2 rings (SSSR count). The summed E-state index contributed by atoms with van der Waals surface area (Å²) in [6.07, 6.45) is 1.21. The number of hydrogen-bond acceptors (Lipinski definition) is 4. The van der Waals surface area contributed by atoms with E-state index in [2.05, 4.69) is 10.4 Å². The van der Waals surface area contributed by atoms with Crippen molar-refractivity contribution >= 4 is 34.8 Å². The van der Waals surface area contributed by atoms with Gasteiger partial charge in [0.15, 0.2) is 0 Å². The molecular formula is C13H11Cl2N3O3. The van der Waals surface area contributed by atoms with E-state index in [9.17, 15) is 9.59 Å². The van der Waals surface area contributed by atoms with Crippen molar-refractivity contribution in [3.63, 3.8) is 0 Å². The van der Waals surface area contributed by atoms with Gasteiger partial charge in [0.2, 0.25) is 5.91 Å². The first-order valence-electron chi connectivity index (χ1n) is 5.86. The van der Waals surface area contributed by atoms with Crippen LogP contribution >= 0.6 is 23.2 Å². The summed E-state index contributed by atoms with van der Waals surface area (Å²) in [5.41, 5.74) is -0.0718. The molecule has 1 aromatic heterocycles. The highest BCUT2D eigenvalue weighted by Gasteiger charge is 2.11. The number of methoxy groups -OCH3 is 1. The fourth-order valence-electron chi connectivity index (χ4n) is 1.59. The van der Waals surface area contributed by atoms with E-state index in [1.54, 1.807) is 24.3 Å². The third kappa shape index (κ3) is 3.74. The lowest BCUT2D eigenvalue weighted by molar-refractivity contribution is -0.117. The first-order chi connectivity index (χ1) is 10.0. The van der Waals surface area contributed by atoms with Gasteiger partial charge in [-0.2, -0.15) is 5.10 Å². The van der Waals surface area contributed by atoms with Crippen LogP contribution in [0.25, 0.3) is 0 Å². The van der Waals surface area contributed by atoms with Crippen molar-refractivity contribution < 1.29 is 9.53 Å². The van der Waals surface area contributed by atoms with Crippen LogP contribution < -0.4 is 15.6 Å². The highest BCUT2D eigenvalue weighted by molar-refractivity contribution is 6.41. The smallest absolute Gasteiger partial charge is 0.287 e. The number of nitrogens with zero attached hydrogens (tertiary/aromatic N) is 2. The second-order valence-electron chi connectivity index (χ2n) is 4.05. The molecule has 110 valence electrons. The van der Waals surface area contributed by atoms with Crippen molar-refractivity contribution in [1.82, 2.24) is 9.78 Å². The number of hydrogen-bond donors (Lipinski definition) is 1. The summed E-state index contributed by atoms with van der Waals surface area (Å²) in [6, 6.07) is 6.84. The van der Waals surface area contributed by atoms with Crippen molar-refractivity contribution in [2.24, 2.45) is 0 Å². The van der Waals surface area contributed by atoms with Crippen LogP contribution in [0.2, 0.25) is 10.0 Å². The number of amides is 1. The van der Waals surface area contributed by atoms with E-state index >= 15 is 0 Å². The molecule has 1 amide bonds. The molecule has 0 aliphatic rings. The molecule has 0 aliphatic heterocycles. The third-order valence-electron chi connectivity index (χ3n) is 2.59. The molecule has 0 aliphatic carbocycles. The molecule has 6 nitrogen and oxygen atoms in total. The number of halogens is 2. The van der Waals surface area contributed by atoms with E-state index in [4.69, 9.17) is 27.9 Å². The van der Waals surface area contributed by atoms with Crippen LogP contribution in [0.1, 0.15) is 0 Å². The molecule has 0 saturated heterocycles. The number of anilines is 1. The normalized spacial score (nSPS) is 10.2. The molecule has 2 aromatic rings. The molecule has 1 heterocycles. The number of benzene rings is 1. The monoisotopic (exact) mass is 327 g/mol. The minimum Gasteiger partial charge on any atom is -0.497 e. The molecule has 0 fully saturated rings. The molecular weight excluding hydrogens is 317 g/mol. The predicted molar refractivity (Wildman–Crippen MR) is 80.1 cm³/mol. The molecule has 0 saturated carbocycles. The standard InChI is InChI=1S/C13H11Cl2N3O3/c1-21-9-4-2-3-8(5-9)17-11(19)7-18-13(20)12(15)10(14)6-16-18/h2-6H,7H2,1H3,(H,17,19). The molecule has 8 heteroatoms. The van der Waals surface area contributed by atoms with E-state index in [0.29, 0.717) is 11.4 Å². The fourth-order valence-corrected chi connectivity index (χ4v) is 1.87. The highest BCUT2D eigenvalue weighted by atomic mass is 35.5. The van der Waals surface area contributed by atoms with Crippen LogP contribution in [0.4, 0.5) is 5.69 Å². The number of rotatable bonds is 4. The highest BCUT2D eigenvalue weighted by Crippen LogP contribution is 2.17. The lowest BCUT2D eigenvalue weighted by atomic mass is 10.3. The van der Waals surface area contributed by atoms with Gasteiger partial charge in [-0.15, -0.1) is 0 Å². The summed E-state index contributed by atoms with van der Waals surface area (Å²) < 4.78 is 5.99. The maximum absolute atomic E-state index is 11.9. The summed E-state index contributed by atoms with van der Waals surface area (Å²) in [5.74, 6) is 0.189. The van der Waals surface area contributed by atoms with Crippen LogP contribution in [0.3, 0.4) is 0 Å². The van der Waals surface area contributed by atoms with E-state index in [1.165, 1.54) is 13.3 Å². The lowest BCUT2D eigenvalue weighted by Gasteiger charge is -2.08. The molecule has 1 N–H and O–H groups in total. The molecule has 21 heavy (non-hydrogen) atoms. The summed E-state index contributed by atoms with van der Waals surface area (Å²) in [5, 5.41) is 6.27. The van der Waals surface area contributed by atoms with E-state index in [-0.39, 0.29) is 16.6 Å². The van der Waals surface area contributed by atoms with E-state index < -0.39 is 11.5 Å².